The molecule has 0 saturated carbocycles. The fourth-order valence-corrected chi connectivity index (χ4v) is 4.43. The summed E-state index contributed by atoms with van der Waals surface area (Å²) in [6, 6.07) is 10.2. The van der Waals surface area contributed by atoms with Crippen molar-refractivity contribution in [1.82, 2.24) is 9.55 Å². The van der Waals surface area contributed by atoms with Crippen molar-refractivity contribution < 1.29 is 18.0 Å². The highest BCUT2D eigenvalue weighted by molar-refractivity contribution is 7.99. The minimum Gasteiger partial charge on any atom is -0.323 e. The molecule has 1 N–H and O–H groups in total. The lowest BCUT2D eigenvalue weighted by Gasteiger charge is -2.12. The van der Waals surface area contributed by atoms with Gasteiger partial charge in [-0.2, -0.15) is 0 Å². The van der Waals surface area contributed by atoms with Crippen molar-refractivity contribution in [3.8, 4) is 0 Å². The van der Waals surface area contributed by atoms with Crippen LogP contribution in [-0.4, -0.2) is 21.2 Å². The van der Waals surface area contributed by atoms with Gasteiger partial charge in [0.1, 0.15) is 22.2 Å². The van der Waals surface area contributed by atoms with Crippen molar-refractivity contribution in [2.24, 2.45) is 0 Å². The lowest BCUT2D eigenvalue weighted by molar-refractivity contribution is -0.113. The second kappa shape index (κ2) is 8.94. The first-order chi connectivity index (χ1) is 14.9. The molecular formula is C21H14F3N3O2S2. The van der Waals surface area contributed by atoms with Crippen LogP contribution in [0.4, 0.5) is 18.9 Å². The number of rotatable bonds is 6. The first kappa shape index (κ1) is 21.1. The number of anilines is 1. The third-order valence-corrected chi connectivity index (χ3v) is 6.19. The average Bonchev–Trinajstić information content (AvgIpc) is 3.22. The molecule has 1 amide bonds. The minimum atomic E-state index is -0.759. The largest absolute Gasteiger partial charge is 0.323 e. The number of thiophene rings is 1. The van der Waals surface area contributed by atoms with Gasteiger partial charge in [-0.15, -0.1) is 11.3 Å². The lowest BCUT2D eigenvalue weighted by Crippen LogP contribution is -2.24. The summed E-state index contributed by atoms with van der Waals surface area (Å²) in [7, 11) is 0. The zero-order valence-corrected chi connectivity index (χ0v) is 17.4. The Labute approximate surface area is 182 Å². The molecule has 0 spiro atoms. The number of aromatic nitrogens is 2. The third kappa shape index (κ3) is 4.80. The van der Waals surface area contributed by atoms with Gasteiger partial charge in [-0.25, -0.2) is 18.2 Å². The standard InChI is InChI=1S/C21H14F3N3O2S2/c22-13-3-1-12(2-4-13)10-27-20(29)19-16(7-8-30-19)26-21(27)31-11-18(28)25-17-9-14(23)5-6-15(17)24/h1-9H,10-11H2,(H,25,28). The molecule has 0 unspecified atom stereocenters. The highest BCUT2D eigenvalue weighted by Crippen LogP contribution is 2.23. The van der Waals surface area contributed by atoms with Gasteiger partial charge in [-0.05, 0) is 41.3 Å². The number of amides is 1. The molecule has 5 nitrogen and oxygen atoms in total. The molecular weight excluding hydrogens is 447 g/mol. The van der Waals surface area contributed by atoms with E-state index in [1.54, 1.807) is 23.6 Å². The molecule has 10 heteroatoms. The zero-order chi connectivity index (χ0) is 22.0. The number of fused-ring (bicyclic) bond motifs is 1. The van der Waals surface area contributed by atoms with Crippen molar-refractivity contribution in [2.75, 3.05) is 11.1 Å². The van der Waals surface area contributed by atoms with Gasteiger partial charge in [-0.3, -0.25) is 14.2 Å². The number of hydrogen-bond donors (Lipinski definition) is 1. The number of thioether (sulfide) groups is 1. The summed E-state index contributed by atoms with van der Waals surface area (Å²) in [4.78, 5) is 29.7. The van der Waals surface area contributed by atoms with Crippen LogP contribution in [0.15, 0.2) is 63.9 Å². The Balaban J connectivity index is 1.58. The predicted molar refractivity (Wildman–Crippen MR) is 115 cm³/mol. The molecule has 2 aromatic heterocycles. The fraction of sp³-hybridized carbons (Fsp3) is 0.0952. The van der Waals surface area contributed by atoms with Gasteiger partial charge in [0.05, 0.1) is 23.5 Å². The number of nitrogens with zero attached hydrogens (tertiary/aromatic N) is 2. The maximum absolute atomic E-state index is 13.7. The number of hydrogen-bond acceptors (Lipinski definition) is 5. The van der Waals surface area contributed by atoms with Crippen molar-refractivity contribution in [1.29, 1.82) is 0 Å². The molecule has 0 aliphatic rings. The molecule has 0 saturated heterocycles. The Kier molecular flexibility index (Phi) is 6.10. The third-order valence-electron chi connectivity index (χ3n) is 4.32. The Hall–Kier alpha value is -3.11. The van der Waals surface area contributed by atoms with Gasteiger partial charge in [0.15, 0.2) is 5.16 Å². The molecule has 0 atom stereocenters. The average molecular weight is 461 g/mol. The van der Waals surface area contributed by atoms with E-state index in [0.29, 0.717) is 15.8 Å². The van der Waals surface area contributed by atoms with E-state index in [1.165, 1.54) is 28.0 Å². The number of halogens is 3. The van der Waals surface area contributed by atoms with Crippen molar-refractivity contribution in [3.05, 3.63) is 87.3 Å². The van der Waals surface area contributed by atoms with Crippen LogP contribution in [0.1, 0.15) is 5.56 Å². The number of carbonyl (C=O) groups is 1. The van der Waals surface area contributed by atoms with Crippen LogP contribution in [0.25, 0.3) is 10.2 Å². The summed E-state index contributed by atoms with van der Waals surface area (Å²) in [5, 5.41) is 4.35. The molecule has 31 heavy (non-hydrogen) atoms. The maximum atomic E-state index is 13.7. The maximum Gasteiger partial charge on any atom is 0.272 e. The van der Waals surface area contributed by atoms with E-state index in [2.05, 4.69) is 10.3 Å². The number of benzene rings is 2. The molecule has 158 valence electrons. The monoisotopic (exact) mass is 461 g/mol. The van der Waals surface area contributed by atoms with E-state index < -0.39 is 23.4 Å². The van der Waals surface area contributed by atoms with E-state index in [1.807, 2.05) is 0 Å². The molecule has 0 bridgehead atoms. The van der Waals surface area contributed by atoms with Crippen LogP contribution in [0.2, 0.25) is 0 Å². The Morgan fingerprint density at radius 2 is 1.81 bits per heavy atom. The van der Waals surface area contributed by atoms with Crippen LogP contribution >= 0.6 is 23.1 Å². The first-order valence-corrected chi connectivity index (χ1v) is 10.9. The van der Waals surface area contributed by atoms with Gasteiger partial charge < -0.3 is 5.32 Å². The predicted octanol–water partition coefficient (Wildman–Crippen LogP) is 4.65. The highest BCUT2D eigenvalue weighted by Gasteiger charge is 2.16. The molecule has 4 aromatic rings. The van der Waals surface area contributed by atoms with Gasteiger partial charge >= 0.3 is 0 Å². The Morgan fingerprint density at radius 3 is 2.58 bits per heavy atom. The SMILES string of the molecule is O=C(CSc1nc2ccsc2c(=O)n1Cc1ccc(F)cc1)Nc1cc(F)ccc1F. The second-order valence-electron chi connectivity index (χ2n) is 6.51. The number of nitrogens with one attached hydrogen (secondary N) is 1. The number of carbonyl (C=O) groups excluding carboxylic acids is 1. The van der Waals surface area contributed by atoms with Crippen LogP contribution < -0.4 is 10.9 Å². The van der Waals surface area contributed by atoms with Crippen LogP contribution in [-0.2, 0) is 11.3 Å². The van der Waals surface area contributed by atoms with E-state index >= 15 is 0 Å². The van der Waals surface area contributed by atoms with E-state index in [4.69, 9.17) is 0 Å². The molecule has 4 rings (SSSR count). The highest BCUT2D eigenvalue weighted by atomic mass is 32.2. The fourth-order valence-electron chi connectivity index (χ4n) is 2.86. The smallest absolute Gasteiger partial charge is 0.272 e. The second-order valence-corrected chi connectivity index (χ2v) is 8.37. The van der Waals surface area contributed by atoms with Gasteiger partial charge in [0.2, 0.25) is 5.91 Å². The summed E-state index contributed by atoms with van der Waals surface area (Å²) in [6.07, 6.45) is 0. The first-order valence-electron chi connectivity index (χ1n) is 9.01. The van der Waals surface area contributed by atoms with Gasteiger partial charge in [0, 0.05) is 6.07 Å². The van der Waals surface area contributed by atoms with Crippen molar-refractivity contribution in [2.45, 2.75) is 11.7 Å². The molecule has 2 heterocycles. The van der Waals surface area contributed by atoms with Crippen LogP contribution in [0.3, 0.4) is 0 Å². The van der Waals surface area contributed by atoms with E-state index in [0.717, 1.165) is 30.0 Å². The van der Waals surface area contributed by atoms with Crippen LogP contribution in [0.5, 0.6) is 0 Å². The summed E-state index contributed by atoms with van der Waals surface area (Å²) < 4.78 is 42.1. The Morgan fingerprint density at radius 1 is 1.06 bits per heavy atom. The molecule has 0 aliphatic heterocycles. The molecule has 0 fully saturated rings. The van der Waals surface area contributed by atoms with Crippen molar-refractivity contribution in [3.63, 3.8) is 0 Å². The summed E-state index contributed by atoms with van der Waals surface area (Å²) in [5.74, 6) is -2.59. The van der Waals surface area contributed by atoms with Crippen LogP contribution in [0, 0.1) is 17.5 Å². The van der Waals surface area contributed by atoms with E-state index in [9.17, 15) is 22.8 Å². The normalized spacial score (nSPS) is 11.1. The summed E-state index contributed by atoms with van der Waals surface area (Å²) in [6.45, 7) is 0.141. The van der Waals surface area contributed by atoms with Gasteiger partial charge in [0.25, 0.3) is 5.56 Å². The quantitative estimate of drug-likeness (QED) is 0.335. The van der Waals surface area contributed by atoms with Gasteiger partial charge in [-0.1, -0.05) is 23.9 Å². The zero-order valence-electron chi connectivity index (χ0n) is 15.8. The minimum absolute atomic E-state index is 0.141. The summed E-state index contributed by atoms with van der Waals surface area (Å²) in [5.41, 5.74) is 0.651. The Bertz CT molecular complexity index is 1320. The molecule has 0 aliphatic carbocycles. The molecule has 0 radical (unpaired) electrons. The molecule has 2 aromatic carbocycles. The van der Waals surface area contributed by atoms with E-state index in [-0.39, 0.29) is 28.7 Å². The topological polar surface area (TPSA) is 64.0 Å². The van der Waals surface area contributed by atoms with Crippen molar-refractivity contribution >= 4 is 44.9 Å². The lowest BCUT2D eigenvalue weighted by atomic mass is 10.2. The summed E-state index contributed by atoms with van der Waals surface area (Å²) >= 11 is 2.25.